The van der Waals surface area contributed by atoms with Crippen LogP contribution in [0.2, 0.25) is 0 Å². The maximum Gasteiger partial charge on any atom is 0.254 e. The van der Waals surface area contributed by atoms with Crippen molar-refractivity contribution in [1.82, 2.24) is 15.1 Å². The van der Waals surface area contributed by atoms with Gasteiger partial charge in [-0.15, -0.1) is 11.8 Å². The molecule has 1 aliphatic rings. The molecule has 0 radical (unpaired) electrons. The monoisotopic (exact) mass is 303 g/mol. The van der Waals surface area contributed by atoms with E-state index in [1.54, 1.807) is 18.0 Å². The average molecular weight is 303 g/mol. The van der Waals surface area contributed by atoms with Crippen LogP contribution in [0.4, 0.5) is 0 Å². The fourth-order valence-corrected chi connectivity index (χ4v) is 3.09. The zero-order valence-corrected chi connectivity index (χ0v) is 12.4. The number of amides is 1. The molecule has 1 aliphatic heterocycles. The molecular formula is C15H17N3O2S. The maximum atomic E-state index is 12.5. The van der Waals surface area contributed by atoms with Crippen LogP contribution in [0.5, 0.6) is 0 Å². The Kier molecular flexibility index (Phi) is 4.26. The molecule has 6 heteroatoms. The molecule has 5 nitrogen and oxygen atoms in total. The van der Waals surface area contributed by atoms with Gasteiger partial charge in [-0.05, 0) is 24.3 Å². The first-order valence-corrected chi connectivity index (χ1v) is 7.90. The molecule has 110 valence electrons. The summed E-state index contributed by atoms with van der Waals surface area (Å²) in [6, 6.07) is 7.57. The molecule has 2 N–H and O–H groups in total. The van der Waals surface area contributed by atoms with E-state index in [4.69, 9.17) is 5.11 Å². The lowest BCUT2D eigenvalue weighted by molar-refractivity contribution is 0.0734. The summed E-state index contributed by atoms with van der Waals surface area (Å²) in [5.41, 5.74) is 2.94. The highest BCUT2D eigenvalue weighted by molar-refractivity contribution is 7.99. The fraction of sp³-hybridized carbons (Fsp3) is 0.333. The standard InChI is InChI=1S/C15H17N3O2S/c19-7-8-21-13-3-1-11(2-4-13)15(20)18-6-5-14-12(10-18)9-16-17-14/h1-4,9,19H,5-8,10H2,(H,16,17). The number of H-pyrrole nitrogens is 1. The molecule has 1 aromatic heterocycles. The Balaban J connectivity index is 1.68. The summed E-state index contributed by atoms with van der Waals surface area (Å²) in [6.45, 7) is 1.49. The van der Waals surface area contributed by atoms with Crippen molar-refractivity contribution < 1.29 is 9.90 Å². The van der Waals surface area contributed by atoms with E-state index >= 15 is 0 Å². The Bertz CT molecular complexity index is 624. The molecule has 1 amide bonds. The van der Waals surface area contributed by atoms with Gasteiger partial charge < -0.3 is 10.0 Å². The number of nitrogens with zero attached hydrogens (tertiary/aromatic N) is 2. The fourth-order valence-electron chi connectivity index (χ4n) is 2.44. The van der Waals surface area contributed by atoms with Gasteiger partial charge >= 0.3 is 0 Å². The van der Waals surface area contributed by atoms with Crippen LogP contribution in [0.15, 0.2) is 35.4 Å². The van der Waals surface area contributed by atoms with Crippen molar-refractivity contribution in [2.45, 2.75) is 17.9 Å². The van der Waals surface area contributed by atoms with Crippen molar-refractivity contribution in [3.63, 3.8) is 0 Å². The van der Waals surface area contributed by atoms with Crippen molar-refractivity contribution >= 4 is 17.7 Å². The Labute approximate surface area is 127 Å². The van der Waals surface area contributed by atoms with Crippen LogP contribution in [0.25, 0.3) is 0 Å². The summed E-state index contributed by atoms with van der Waals surface area (Å²) >= 11 is 1.58. The second kappa shape index (κ2) is 6.32. The minimum absolute atomic E-state index is 0.0561. The number of aromatic nitrogens is 2. The van der Waals surface area contributed by atoms with E-state index in [0.29, 0.717) is 17.9 Å². The summed E-state index contributed by atoms with van der Waals surface area (Å²) in [7, 11) is 0. The van der Waals surface area contributed by atoms with Crippen molar-refractivity contribution in [1.29, 1.82) is 0 Å². The zero-order valence-electron chi connectivity index (χ0n) is 11.6. The second-order valence-electron chi connectivity index (χ2n) is 4.95. The zero-order chi connectivity index (χ0) is 14.7. The summed E-state index contributed by atoms with van der Waals surface area (Å²) in [5, 5.41) is 15.8. The van der Waals surface area contributed by atoms with E-state index in [1.165, 1.54) is 0 Å². The summed E-state index contributed by atoms with van der Waals surface area (Å²) < 4.78 is 0. The molecule has 0 spiro atoms. The summed E-state index contributed by atoms with van der Waals surface area (Å²) in [4.78, 5) is 15.4. The minimum Gasteiger partial charge on any atom is -0.396 e. The van der Waals surface area contributed by atoms with Gasteiger partial charge in [0.25, 0.3) is 5.91 Å². The van der Waals surface area contributed by atoms with E-state index in [2.05, 4.69) is 10.2 Å². The lowest BCUT2D eigenvalue weighted by Crippen LogP contribution is -2.35. The normalized spacial score (nSPS) is 14.0. The number of thioether (sulfide) groups is 1. The third-order valence-corrected chi connectivity index (χ3v) is 4.54. The quantitative estimate of drug-likeness (QED) is 0.843. The largest absolute Gasteiger partial charge is 0.396 e. The second-order valence-corrected chi connectivity index (χ2v) is 6.12. The van der Waals surface area contributed by atoms with Crippen LogP contribution in [0.3, 0.4) is 0 Å². The van der Waals surface area contributed by atoms with Gasteiger partial charge in [-0.1, -0.05) is 0 Å². The van der Waals surface area contributed by atoms with Crippen molar-refractivity contribution in [2.24, 2.45) is 0 Å². The molecule has 0 saturated carbocycles. The maximum absolute atomic E-state index is 12.5. The molecule has 0 aliphatic carbocycles. The van der Waals surface area contributed by atoms with Gasteiger partial charge in [-0.2, -0.15) is 5.10 Å². The lowest BCUT2D eigenvalue weighted by Gasteiger charge is -2.26. The third kappa shape index (κ3) is 3.11. The predicted octanol–water partition coefficient (Wildman–Crippen LogP) is 1.69. The number of hydrogen-bond donors (Lipinski definition) is 2. The lowest BCUT2D eigenvalue weighted by atomic mass is 10.1. The smallest absolute Gasteiger partial charge is 0.254 e. The topological polar surface area (TPSA) is 69.2 Å². The van der Waals surface area contributed by atoms with Gasteiger partial charge in [0.2, 0.25) is 0 Å². The predicted molar refractivity (Wildman–Crippen MR) is 81.3 cm³/mol. The highest BCUT2D eigenvalue weighted by Crippen LogP contribution is 2.21. The Morgan fingerprint density at radius 1 is 1.38 bits per heavy atom. The van der Waals surface area contributed by atoms with Crippen LogP contribution in [0, 0.1) is 0 Å². The van der Waals surface area contributed by atoms with Gasteiger partial charge in [0.1, 0.15) is 0 Å². The van der Waals surface area contributed by atoms with E-state index < -0.39 is 0 Å². The first-order valence-electron chi connectivity index (χ1n) is 6.92. The number of aliphatic hydroxyl groups excluding tert-OH is 1. The van der Waals surface area contributed by atoms with Gasteiger partial charge in [-0.3, -0.25) is 9.89 Å². The van der Waals surface area contributed by atoms with Crippen molar-refractivity contribution in [3.8, 4) is 0 Å². The van der Waals surface area contributed by atoms with Gasteiger partial charge in [0.05, 0.1) is 12.8 Å². The number of fused-ring (bicyclic) bond motifs is 1. The first-order chi connectivity index (χ1) is 10.3. The minimum atomic E-state index is 0.0561. The molecule has 0 unspecified atom stereocenters. The van der Waals surface area contributed by atoms with E-state index in [0.717, 1.165) is 29.1 Å². The van der Waals surface area contributed by atoms with E-state index in [1.807, 2.05) is 29.2 Å². The molecule has 0 saturated heterocycles. The highest BCUT2D eigenvalue weighted by atomic mass is 32.2. The summed E-state index contributed by atoms with van der Waals surface area (Å²) in [5.74, 6) is 0.725. The SMILES string of the molecule is O=C(c1ccc(SCCO)cc1)N1CCc2[nH]ncc2C1. The van der Waals surface area contributed by atoms with Gasteiger partial charge in [0, 0.05) is 47.0 Å². The number of aromatic amines is 1. The van der Waals surface area contributed by atoms with Crippen LogP contribution in [-0.2, 0) is 13.0 Å². The molecule has 21 heavy (non-hydrogen) atoms. The third-order valence-electron chi connectivity index (χ3n) is 3.55. The Hall–Kier alpha value is -1.79. The molecule has 2 aromatic rings. The van der Waals surface area contributed by atoms with Crippen LogP contribution >= 0.6 is 11.8 Å². The number of carbonyl (C=O) groups excluding carboxylic acids is 1. The van der Waals surface area contributed by atoms with Gasteiger partial charge in [-0.25, -0.2) is 0 Å². The first kappa shape index (κ1) is 14.2. The molecule has 0 bridgehead atoms. The number of aliphatic hydroxyl groups is 1. The molecule has 1 aromatic carbocycles. The number of carbonyl (C=O) groups is 1. The molecule has 3 rings (SSSR count). The van der Waals surface area contributed by atoms with E-state index in [-0.39, 0.29) is 12.5 Å². The molecule has 2 heterocycles. The summed E-state index contributed by atoms with van der Waals surface area (Å²) in [6.07, 6.45) is 2.62. The Morgan fingerprint density at radius 2 is 2.19 bits per heavy atom. The molecule has 0 atom stereocenters. The molecule has 0 fully saturated rings. The van der Waals surface area contributed by atoms with Crippen molar-refractivity contribution in [3.05, 3.63) is 47.3 Å². The number of nitrogens with one attached hydrogen (secondary N) is 1. The average Bonchev–Trinajstić information content (AvgIpc) is 3.00. The van der Waals surface area contributed by atoms with Gasteiger partial charge in [0.15, 0.2) is 0 Å². The van der Waals surface area contributed by atoms with Crippen molar-refractivity contribution in [2.75, 3.05) is 18.9 Å². The van der Waals surface area contributed by atoms with E-state index in [9.17, 15) is 4.79 Å². The Morgan fingerprint density at radius 3 is 2.95 bits per heavy atom. The van der Waals surface area contributed by atoms with Crippen LogP contribution < -0.4 is 0 Å². The highest BCUT2D eigenvalue weighted by Gasteiger charge is 2.22. The molecular weight excluding hydrogens is 286 g/mol. The number of rotatable bonds is 4. The van der Waals surface area contributed by atoms with Crippen LogP contribution in [-0.4, -0.2) is 45.0 Å². The number of benzene rings is 1. The number of hydrogen-bond acceptors (Lipinski definition) is 4. The van der Waals surface area contributed by atoms with Crippen LogP contribution in [0.1, 0.15) is 21.6 Å².